The normalized spacial score (nSPS) is 20.1. The number of halogens is 2. The van der Waals surface area contributed by atoms with Crippen LogP contribution < -0.4 is 0 Å². The van der Waals surface area contributed by atoms with Crippen molar-refractivity contribution >= 4 is 21.7 Å². The second-order valence-corrected chi connectivity index (χ2v) is 8.08. The molecule has 9 heteroatoms. The molecule has 1 heterocycles. The van der Waals surface area contributed by atoms with Crippen molar-refractivity contribution in [1.82, 2.24) is 4.90 Å². The van der Waals surface area contributed by atoms with E-state index < -0.39 is 51.1 Å². The van der Waals surface area contributed by atoms with Crippen molar-refractivity contribution in [2.45, 2.75) is 32.4 Å². The van der Waals surface area contributed by atoms with Crippen molar-refractivity contribution in [3.8, 4) is 0 Å². The summed E-state index contributed by atoms with van der Waals surface area (Å²) in [7, 11) is -3.17. The monoisotopic (exact) mass is 375 g/mol. The second-order valence-electron chi connectivity index (χ2n) is 5.85. The molecule has 0 aromatic heterocycles. The zero-order valence-corrected chi connectivity index (χ0v) is 14.7. The fraction of sp³-hybridized carbons (Fsp3) is 0.500. The number of esters is 1. The molecule has 0 saturated carbocycles. The van der Waals surface area contributed by atoms with Crippen LogP contribution in [-0.4, -0.2) is 55.4 Å². The average molecular weight is 375 g/mol. The molecule has 2 atom stereocenters. The van der Waals surface area contributed by atoms with E-state index in [0.717, 1.165) is 12.1 Å². The molecule has 6 nitrogen and oxygen atoms in total. The fourth-order valence-corrected chi connectivity index (χ4v) is 4.51. The standard InChI is InChI=1S/C16H19F2NO5S/c1-3-19(12-6-7-25(22,23)9-12)15(20)10(2)24-16(21)13-5-4-11(17)8-14(13)18/h4-5,8,10,12H,3,6-7,9H2,1-2H3. The largest absolute Gasteiger partial charge is 0.449 e. The van der Waals surface area contributed by atoms with E-state index in [9.17, 15) is 26.8 Å². The molecule has 1 aromatic carbocycles. The molecule has 1 aromatic rings. The molecule has 0 spiro atoms. The minimum Gasteiger partial charge on any atom is -0.449 e. The number of carbonyl (C=O) groups is 2. The third kappa shape index (κ3) is 4.53. The van der Waals surface area contributed by atoms with Gasteiger partial charge in [-0.15, -0.1) is 0 Å². The first-order chi connectivity index (χ1) is 11.6. The van der Waals surface area contributed by atoms with Crippen LogP contribution in [-0.2, 0) is 19.4 Å². The lowest BCUT2D eigenvalue weighted by molar-refractivity contribution is -0.141. The predicted octanol–water partition coefficient (Wildman–Crippen LogP) is 1.55. The molecule has 25 heavy (non-hydrogen) atoms. The Morgan fingerprint density at radius 2 is 2.04 bits per heavy atom. The van der Waals surface area contributed by atoms with Gasteiger partial charge in [0.2, 0.25) is 0 Å². The highest BCUT2D eigenvalue weighted by Crippen LogP contribution is 2.19. The van der Waals surface area contributed by atoms with Gasteiger partial charge in [-0.3, -0.25) is 4.79 Å². The maximum atomic E-state index is 13.6. The molecule has 2 unspecified atom stereocenters. The Bertz CT molecular complexity index is 781. The van der Waals surface area contributed by atoms with Gasteiger partial charge in [0.05, 0.1) is 17.1 Å². The number of likely N-dealkylation sites (N-methyl/N-ethyl adjacent to an activating group) is 1. The Balaban J connectivity index is 2.06. The van der Waals surface area contributed by atoms with E-state index in [1.165, 1.54) is 11.8 Å². The lowest BCUT2D eigenvalue weighted by atomic mass is 10.2. The first-order valence-corrected chi connectivity index (χ1v) is 9.63. The predicted molar refractivity (Wildman–Crippen MR) is 85.7 cm³/mol. The molecule has 0 aliphatic carbocycles. The molecular weight excluding hydrogens is 356 g/mol. The molecule has 1 fully saturated rings. The number of hydrogen-bond acceptors (Lipinski definition) is 5. The van der Waals surface area contributed by atoms with Gasteiger partial charge in [0, 0.05) is 18.7 Å². The summed E-state index contributed by atoms with van der Waals surface area (Å²) >= 11 is 0. The van der Waals surface area contributed by atoms with E-state index in [2.05, 4.69) is 0 Å². The molecule has 1 aliphatic heterocycles. The average Bonchev–Trinajstić information content (AvgIpc) is 2.87. The third-order valence-corrected chi connectivity index (χ3v) is 5.81. The summed E-state index contributed by atoms with van der Waals surface area (Å²) in [5, 5.41) is 0. The summed E-state index contributed by atoms with van der Waals surface area (Å²) in [4.78, 5) is 25.8. The van der Waals surface area contributed by atoms with Crippen LogP contribution in [0.15, 0.2) is 18.2 Å². The maximum Gasteiger partial charge on any atom is 0.341 e. The van der Waals surface area contributed by atoms with Crippen LogP contribution in [0.4, 0.5) is 8.78 Å². The number of benzene rings is 1. The smallest absolute Gasteiger partial charge is 0.341 e. The van der Waals surface area contributed by atoms with Crippen LogP contribution in [0.2, 0.25) is 0 Å². The lowest BCUT2D eigenvalue weighted by Crippen LogP contribution is -2.46. The van der Waals surface area contributed by atoms with Gasteiger partial charge in [0.15, 0.2) is 15.9 Å². The Morgan fingerprint density at radius 1 is 1.36 bits per heavy atom. The molecule has 2 rings (SSSR count). The maximum absolute atomic E-state index is 13.6. The highest BCUT2D eigenvalue weighted by Gasteiger charge is 2.36. The summed E-state index contributed by atoms with van der Waals surface area (Å²) in [5.74, 6) is -3.68. The summed E-state index contributed by atoms with van der Waals surface area (Å²) in [6, 6.07) is 1.93. The van der Waals surface area contributed by atoms with Crippen molar-refractivity contribution in [1.29, 1.82) is 0 Å². The van der Waals surface area contributed by atoms with E-state index in [1.54, 1.807) is 6.92 Å². The number of nitrogens with zero attached hydrogens (tertiary/aromatic N) is 1. The summed E-state index contributed by atoms with van der Waals surface area (Å²) in [6.07, 6.45) is -0.893. The van der Waals surface area contributed by atoms with E-state index in [0.29, 0.717) is 12.5 Å². The van der Waals surface area contributed by atoms with Gasteiger partial charge in [-0.1, -0.05) is 0 Å². The minimum absolute atomic E-state index is 0.0103. The topological polar surface area (TPSA) is 80.8 Å². The number of rotatable bonds is 5. The molecule has 0 N–H and O–H groups in total. The Morgan fingerprint density at radius 3 is 2.56 bits per heavy atom. The second kappa shape index (κ2) is 7.47. The number of sulfone groups is 1. The Hall–Kier alpha value is -2.03. The van der Waals surface area contributed by atoms with Crippen molar-refractivity contribution in [2.24, 2.45) is 0 Å². The van der Waals surface area contributed by atoms with Crippen LogP contribution in [0.1, 0.15) is 30.6 Å². The zero-order valence-electron chi connectivity index (χ0n) is 13.9. The quantitative estimate of drug-likeness (QED) is 0.730. The number of hydrogen-bond donors (Lipinski definition) is 0. The highest BCUT2D eigenvalue weighted by molar-refractivity contribution is 7.91. The summed E-state index contributed by atoms with van der Waals surface area (Å²) in [6.45, 7) is 3.27. The van der Waals surface area contributed by atoms with Crippen molar-refractivity contribution < 1.29 is 31.5 Å². The first kappa shape index (κ1) is 19.3. The fourth-order valence-electron chi connectivity index (χ4n) is 2.78. The minimum atomic E-state index is -3.17. The van der Waals surface area contributed by atoms with Gasteiger partial charge >= 0.3 is 5.97 Å². The number of carbonyl (C=O) groups excluding carboxylic acids is 2. The highest BCUT2D eigenvalue weighted by atomic mass is 32.2. The molecule has 0 radical (unpaired) electrons. The van der Waals surface area contributed by atoms with Crippen LogP contribution in [0, 0.1) is 11.6 Å². The van der Waals surface area contributed by atoms with Crippen LogP contribution in [0.25, 0.3) is 0 Å². The van der Waals surface area contributed by atoms with Crippen LogP contribution in [0.5, 0.6) is 0 Å². The molecular formula is C16H19F2NO5S. The van der Waals surface area contributed by atoms with Gasteiger partial charge in [-0.25, -0.2) is 22.0 Å². The van der Waals surface area contributed by atoms with E-state index in [1.807, 2.05) is 0 Å². The van der Waals surface area contributed by atoms with Crippen LogP contribution >= 0.6 is 0 Å². The van der Waals surface area contributed by atoms with E-state index in [-0.39, 0.29) is 18.1 Å². The molecule has 138 valence electrons. The number of amides is 1. The van der Waals surface area contributed by atoms with Crippen molar-refractivity contribution in [3.63, 3.8) is 0 Å². The summed E-state index contributed by atoms with van der Waals surface area (Å²) < 4.78 is 54.6. The summed E-state index contributed by atoms with van der Waals surface area (Å²) in [5.41, 5.74) is -0.479. The molecule has 1 aliphatic rings. The number of ether oxygens (including phenoxy) is 1. The van der Waals surface area contributed by atoms with Gasteiger partial charge in [-0.2, -0.15) is 0 Å². The zero-order chi connectivity index (χ0) is 18.8. The van der Waals surface area contributed by atoms with E-state index in [4.69, 9.17) is 4.74 Å². The van der Waals surface area contributed by atoms with E-state index >= 15 is 0 Å². The van der Waals surface area contributed by atoms with Crippen molar-refractivity contribution in [3.05, 3.63) is 35.4 Å². The van der Waals surface area contributed by atoms with Crippen molar-refractivity contribution in [2.75, 3.05) is 18.1 Å². The van der Waals surface area contributed by atoms with Gasteiger partial charge in [0.25, 0.3) is 5.91 Å². The molecule has 0 bridgehead atoms. The van der Waals surface area contributed by atoms with Gasteiger partial charge in [-0.05, 0) is 32.4 Å². The Kier molecular flexibility index (Phi) is 5.76. The molecule has 1 amide bonds. The SMILES string of the molecule is CCN(C(=O)C(C)OC(=O)c1ccc(F)cc1F)C1CCS(=O)(=O)C1. The first-order valence-electron chi connectivity index (χ1n) is 7.81. The Labute approximate surface area is 144 Å². The lowest BCUT2D eigenvalue weighted by Gasteiger charge is -2.29. The van der Waals surface area contributed by atoms with Gasteiger partial charge < -0.3 is 9.64 Å². The van der Waals surface area contributed by atoms with Gasteiger partial charge in [0.1, 0.15) is 11.6 Å². The third-order valence-electron chi connectivity index (χ3n) is 4.06. The molecule has 1 saturated heterocycles. The van der Waals surface area contributed by atoms with Crippen LogP contribution in [0.3, 0.4) is 0 Å².